The molecule has 1 aliphatic rings. The van der Waals surface area contributed by atoms with Crippen molar-refractivity contribution in [1.29, 1.82) is 0 Å². The summed E-state index contributed by atoms with van der Waals surface area (Å²) in [5.74, 6) is 2.47. The van der Waals surface area contributed by atoms with E-state index in [2.05, 4.69) is 55.2 Å². The smallest absolute Gasteiger partial charge is 0.164 e. The summed E-state index contributed by atoms with van der Waals surface area (Å²) in [5.41, 5.74) is 2.27. The van der Waals surface area contributed by atoms with Crippen molar-refractivity contribution in [3.05, 3.63) is 46.7 Å². The molecule has 1 aromatic carbocycles. The van der Waals surface area contributed by atoms with Crippen LogP contribution in [0, 0.1) is 0 Å². The van der Waals surface area contributed by atoms with Gasteiger partial charge in [-0.15, -0.1) is 15.3 Å². The van der Waals surface area contributed by atoms with Gasteiger partial charge in [-0.25, -0.2) is 0 Å². The van der Waals surface area contributed by atoms with E-state index in [1.54, 1.807) is 0 Å². The van der Waals surface area contributed by atoms with Crippen molar-refractivity contribution in [2.45, 2.75) is 39.3 Å². The first-order chi connectivity index (χ1) is 12.2. The van der Waals surface area contributed by atoms with E-state index >= 15 is 0 Å². The average Bonchev–Trinajstić information content (AvgIpc) is 3.20. The van der Waals surface area contributed by atoms with Crippen molar-refractivity contribution >= 4 is 11.5 Å². The maximum Gasteiger partial charge on any atom is 0.164 e. The summed E-state index contributed by atoms with van der Waals surface area (Å²) < 4.78 is 6.42. The van der Waals surface area contributed by atoms with Crippen LogP contribution in [0.15, 0.2) is 30.3 Å². The Bertz CT molecular complexity index is 838. The van der Waals surface area contributed by atoms with Crippen molar-refractivity contribution in [3.63, 3.8) is 0 Å². The third kappa shape index (κ3) is 3.34. The van der Waals surface area contributed by atoms with Crippen LogP contribution in [0.1, 0.15) is 36.2 Å². The highest BCUT2D eigenvalue weighted by atomic mass is 32.1. The van der Waals surface area contributed by atoms with Gasteiger partial charge in [0.1, 0.15) is 5.82 Å². The molecule has 3 heterocycles. The second kappa shape index (κ2) is 7.01. The third-order valence-corrected chi connectivity index (χ3v) is 5.37. The topological polar surface area (TPSA) is 59.7 Å². The lowest BCUT2D eigenvalue weighted by Crippen LogP contribution is -2.26. The number of hydrogen-bond acceptors (Lipinski definition) is 6. The number of hydrogen-bond donors (Lipinski definition) is 0. The molecule has 0 aliphatic carbocycles. The molecule has 4 rings (SSSR count). The zero-order valence-electron chi connectivity index (χ0n) is 14.6. The summed E-state index contributed by atoms with van der Waals surface area (Å²) in [6.45, 7) is 8.16. The Kier molecular flexibility index (Phi) is 4.59. The molecule has 0 atom stereocenters. The fraction of sp³-hybridized carbons (Fsp3) is 0.444. The number of benzene rings is 1. The molecule has 2 aromatic heterocycles. The van der Waals surface area contributed by atoms with Gasteiger partial charge in [0.2, 0.25) is 0 Å². The van der Waals surface area contributed by atoms with Gasteiger partial charge in [-0.1, -0.05) is 48.7 Å². The SMILES string of the molecule is CC(C)c1nnsc1CN1CCc2nnc(-c3ccccc3)n2CC1. The molecule has 0 bridgehead atoms. The van der Waals surface area contributed by atoms with Crippen molar-refractivity contribution in [2.75, 3.05) is 13.1 Å². The van der Waals surface area contributed by atoms with Crippen LogP contribution in [0.4, 0.5) is 0 Å². The molecule has 0 spiro atoms. The highest BCUT2D eigenvalue weighted by Gasteiger charge is 2.21. The maximum absolute atomic E-state index is 4.43. The van der Waals surface area contributed by atoms with Crippen molar-refractivity contribution in [3.8, 4) is 11.4 Å². The van der Waals surface area contributed by atoms with E-state index in [-0.39, 0.29) is 0 Å². The van der Waals surface area contributed by atoms with E-state index in [9.17, 15) is 0 Å². The second-order valence-corrected chi connectivity index (χ2v) is 7.56. The summed E-state index contributed by atoms with van der Waals surface area (Å²) in [5, 5.41) is 13.2. The van der Waals surface area contributed by atoms with Gasteiger partial charge in [0.05, 0.1) is 10.6 Å². The Morgan fingerprint density at radius 3 is 2.68 bits per heavy atom. The monoisotopic (exact) mass is 354 g/mol. The first-order valence-electron chi connectivity index (χ1n) is 8.73. The molecule has 7 heteroatoms. The Morgan fingerprint density at radius 1 is 1.04 bits per heavy atom. The first-order valence-corrected chi connectivity index (χ1v) is 9.50. The lowest BCUT2D eigenvalue weighted by atomic mass is 10.1. The lowest BCUT2D eigenvalue weighted by molar-refractivity contribution is 0.272. The summed E-state index contributed by atoms with van der Waals surface area (Å²) in [7, 11) is 0. The fourth-order valence-electron chi connectivity index (χ4n) is 3.29. The molecule has 1 aliphatic heterocycles. The van der Waals surface area contributed by atoms with Gasteiger partial charge in [0, 0.05) is 38.2 Å². The minimum Gasteiger partial charge on any atom is -0.310 e. The van der Waals surface area contributed by atoms with Gasteiger partial charge in [-0.2, -0.15) is 0 Å². The molecular weight excluding hydrogens is 332 g/mol. The van der Waals surface area contributed by atoms with E-state index in [0.29, 0.717) is 5.92 Å². The molecule has 0 saturated carbocycles. The molecule has 0 N–H and O–H groups in total. The standard InChI is InChI=1S/C18H22N6S/c1-13(2)17-15(25-22-20-17)12-23-9-8-16-19-21-18(24(16)11-10-23)14-6-4-3-5-7-14/h3-7,13H,8-12H2,1-2H3. The Morgan fingerprint density at radius 2 is 1.88 bits per heavy atom. The molecular formula is C18H22N6S. The van der Waals surface area contributed by atoms with Gasteiger partial charge in [0.25, 0.3) is 0 Å². The number of aromatic nitrogens is 5. The number of rotatable bonds is 4. The van der Waals surface area contributed by atoms with Gasteiger partial charge in [0.15, 0.2) is 5.82 Å². The predicted molar refractivity (Wildman–Crippen MR) is 98.4 cm³/mol. The summed E-state index contributed by atoms with van der Waals surface area (Å²) in [6.07, 6.45) is 0.920. The van der Waals surface area contributed by atoms with E-state index < -0.39 is 0 Å². The zero-order valence-corrected chi connectivity index (χ0v) is 15.4. The molecule has 0 radical (unpaired) electrons. The van der Waals surface area contributed by atoms with Crippen molar-refractivity contribution in [2.24, 2.45) is 0 Å². The zero-order chi connectivity index (χ0) is 17.2. The summed E-state index contributed by atoms with van der Waals surface area (Å²) in [4.78, 5) is 3.76. The van der Waals surface area contributed by atoms with E-state index in [1.165, 1.54) is 16.4 Å². The second-order valence-electron chi connectivity index (χ2n) is 6.72. The average molecular weight is 354 g/mol. The van der Waals surface area contributed by atoms with Gasteiger partial charge >= 0.3 is 0 Å². The highest BCUT2D eigenvalue weighted by molar-refractivity contribution is 7.05. The Labute approximate surface area is 151 Å². The molecule has 0 saturated heterocycles. The molecule has 25 heavy (non-hydrogen) atoms. The van der Waals surface area contributed by atoms with Crippen LogP contribution < -0.4 is 0 Å². The molecule has 3 aromatic rings. The lowest BCUT2D eigenvalue weighted by Gasteiger charge is -2.19. The minimum absolute atomic E-state index is 0.421. The predicted octanol–water partition coefficient (Wildman–Crippen LogP) is 2.98. The van der Waals surface area contributed by atoms with Crippen LogP contribution in [0.3, 0.4) is 0 Å². The van der Waals surface area contributed by atoms with Gasteiger partial charge < -0.3 is 4.57 Å². The summed E-state index contributed by atoms with van der Waals surface area (Å²) in [6, 6.07) is 10.3. The molecule has 0 unspecified atom stereocenters. The summed E-state index contributed by atoms with van der Waals surface area (Å²) >= 11 is 1.53. The van der Waals surface area contributed by atoms with Gasteiger partial charge in [-0.05, 0) is 17.5 Å². The molecule has 0 amide bonds. The quantitative estimate of drug-likeness (QED) is 0.721. The van der Waals surface area contributed by atoms with Crippen LogP contribution >= 0.6 is 11.5 Å². The van der Waals surface area contributed by atoms with E-state index in [4.69, 9.17) is 0 Å². The maximum atomic E-state index is 4.43. The van der Waals surface area contributed by atoms with Crippen molar-refractivity contribution in [1.82, 2.24) is 29.3 Å². The normalized spacial score (nSPS) is 15.3. The largest absolute Gasteiger partial charge is 0.310 e. The van der Waals surface area contributed by atoms with Crippen LogP contribution in [-0.2, 0) is 19.5 Å². The third-order valence-electron chi connectivity index (χ3n) is 4.65. The Balaban J connectivity index is 1.51. The number of fused-ring (bicyclic) bond motifs is 1. The van der Waals surface area contributed by atoms with Crippen LogP contribution in [0.2, 0.25) is 0 Å². The van der Waals surface area contributed by atoms with Crippen LogP contribution in [0.5, 0.6) is 0 Å². The van der Waals surface area contributed by atoms with Gasteiger partial charge in [-0.3, -0.25) is 4.90 Å². The highest BCUT2D eigenvalue weighted by Crippen LogP contribution is 2.24. The molecule has 0 fully saturated rings. The first kappa shape index (κ1) is 16.4. The molecule has 130 valence electrons. The van der Waals surface area contributed by atoms with Crippen LogP contribution in [-0.4, -0.2) is 42.3 Å². The van der Waals surface area contributed by atoms with Crippen molar-refractivity contribution < 1.29 is 0 Å². The number of nitrogens with zero attached hydrogens (tertiary/aromatic N) is 6. The van der Waals surface area contributed by atoms with E-state index in [0.717, 1.165) is 55.5 Å². The van der Waals surface area contributed by atoms with Crippen LogP contribution in [0.25, 0.3) is 11.4 Å². The minimum atomic E-state index is 0.421. The fourth-order valence-corrected chi connectivity index (χ4v) is 4.13. The van der Waals surface area contributed by atoms with E-state index in [1.807, 2.05) is 18.2 Å². The Hall–Kier alpha value is -2.12. The molecule has 6 nitrogen and oxygen atoms in total.